The van der Waals surface area contributed by atoms with Crippen molar-refractivity contribution in [3.63, 3.8) is 0 Å². The summed E-state index contributed by atoms with van der Waals surface area (Å²) in [7, 11) is -3.02. The number of hydrogen-bond donors (Lipinski definition) is 1. The Kier molecular flexibility index (Phi) is 4.96. The highest BCUT2D eigenvalue weighted by Crippen LogP contribution is 2.12. The zero-order valence-corrected chi connectivity index (χ0v) is 10.4. The number of hydrogen-bond acceptors (Lipinski definition) is 3. The summed E-state index contributed by atoms with van der Waals surface area (Å²) in [4.78, 5) is 0. The summed E-state index contributed by atoms with van der Waals surface area (Å²) in [6.45, 7) is 1.98. The zero-order valence-electron chi connectivity index (χ0n) is 9.59. The van der Waals surface area contributed by atoms with Crippen LogP contribution in [0.3, 0.4) is 0 Å². The molecule has 0 aliphatic heterocycles. The van der Waals surface area contributed by atoms with Crippen LogP contribution in [-0.2, 0) is 9.84 Å². The molecule has 0 aliphatic carbocycles. The highest BCUT2D eigenvalue weighted by molar-refractivity contribution is 7.91. The number of sulfone groups is 1. The highest BCUT2D eigenvalue weighted by atomic mass is 32.2. The molecule has 90 valence electrons. The van der Waals surface area contributed by atoms with E-state index in [1.807, 2.05) is 37.3 Å². The first-order chi connectivity index (χ1) is 7.55. The maximum atomic E-state index is 11.7. The lowest BCUT2D eigenvalue weighted by Gasteiger charge is -2.12. The molecule has 0 spiro atoms. The molecule has 3 nitrogen and oxygen atoms in total. The number of nitrogens with two attached hydrogens (primary N) is 1. The number of rotatable bonds is 6. The average Bonchev–Trinajstić information content (AvgIpc) is 2.27. The van der Waals surface area contributed by atoms with Gasteiger partial charge in [0.15, 0.2) is 9.84 Å². The fourth-order valence-corrected chi connectivity index (χ4v) is 3.15. The van der Waals surface area contributed by atoms with Gasteiger partial charge in [-0.05, 0) is 12.0 Å². The summed E-state index contributed by atoms with van der Waals surface area (Å²) in [5.41, 5.74) is 6.75. The van der Waals surface area contributed by atoms with Crippen LogP contribution in [0.1, 0.15) is 31.4 Å². The van der Waals surface area contributed by atoms with Gasteiger partial charge in [0, 0.05) is 6.04 Å². The summed E-state index contributed by atoms with van der Waals surface area (Å²) in [5, 5.41) is 0. The third-order valence-electron chi connectivity index (χ3n) is 2.47. The van der Waals surface area contributed by atoms with Gasteiger partial charge in [-0.3, -0.25) is 0 Å². The first-order valence-electron chi connectivity index (χ1n) is 5.56. The first-order valence-corrected chi connectivity index (χ1v) is 7.38. The van der Waals surface area contributed by atoms with Crippen LogP contribution >= 0.6 is 0 Å². The molecule has 0 radical (unpaired) electrons. The molecule has 0 bridgehead atoms. The van der Waals surface area contributed by atoms with Crippen LogP contribution in [0, 0.1) is 0 Å². The largest absolute Gasteiger partial charge is 0.323 e. The minimum Gasteiger partial charge on any atom is -0.323 e. The molecule has 0 aliphatic rings. The third kappa shape index (κ3) is 4.33. The van der Waals surface area contributed by atoms with Gasteiger partial charge in [-0.25, -0.2) is 8.42 Å². The second-order valence-corrected chi connectivity index (χ2v) is 6.21. The lowest BCUT2D eigenvalue weighted by atomic mass is 10.1. The van der Waals surface area contributed by atoms with Crippen molar-refractivity contribution in [1.29, 1.82) is 0 Å². The van der Waals surface area contributed by atoms with E-state index in [0.717, 1.165) is 12.0 Å². The number of unbranched alkanes of at least 4 members (excludes halogenated alkanes) is 1. The second-order valence-electron chi connectivity index (χ2n) is 3.99. The summed E-state index contributed by atoms with van der Waals surface area (Å²) < 4.78 is 23.4. The lowest BCUT2D eigenvalue weighted by molar-refractivity contribution is 0.585. The van der Waals surface area contributed by atoms with Gasteiger partial charge in [0.1, 0.15) is 0 Å². The predicted octanol–water partition coefficient (Wildman–Crippen LogP) is 1.90. The summed E-state index contributed by atoms with van der Waals surface area (Å²) in [6, 6.07) is 8.94. The molecule has 0 fully saturated rings. The van der Waals surface area contributed by atoms with Gasteiger partial charge in [0.25, 0.3) is 0 Å². The molecule has 0 aromatic heterocycles. The van der Waals surface area contributed by atoms with E-state index in [0.29, 0.717) is 6.42 Å². The molecule has 2 N–H and O–H groups in total. The van der Waals surface area contributed by atoms with Crippen LogP contribution in [-0.4, -0.2) is 19.9 Å². The van der Waals surface area contributed by atoms with E-state index in [9.17, 15) is 8.42 Å². The topological polar surface area (TPSA) is 60.2 Å². The molecule has 0 saturated carbocycles. The van der Waals surface area contributed by atoms with Crippen LogP contribution in [0.4, 0.5) is 0 Å². The lowest BCUT2D eigenvalue weighted by Crippen LogP contribution is -2.23. The molecule has 1 aromatic carbocycles. The predicted molar refractivity (Wildman–Crippen MR) is 66.9 cm³/mol. The second kappa shape index (κ2) is 6.01. The van der Waals surface area contributed by atoms with Crippen molar-refractivity contribution in [2.45, 2.75) is 25.8 Å². The zero-order chi connectivity index (χ0) is 12.0. The standard InChI is InChI=1S/C12H19NO2S/c1-2-3-9-16(14,15)10-12(13)11-7-5-4-6-8-11/h4-8,12H,2-3,9-10,13H2,1H3. The molecule has 1 rings (SSSR count). The van der Waals surface area contributed by atoms with E-state index >= 15 is 0 Å². The maximum absolute atomic E-state index is 11.7. The van der Waals surface area contributed by atoms with Crippen molar-refractivity contribution >= 4 is 9.84 Å². The van der Waals surface area contributed by atoms with Crippen LogP contribution in [0.25, 0.3) is 0 Å². The average molecular weight is 241 g/mol. The normalized spacial score (nSPS) is 13.6. The van der Waals surface area contributed by atoms with Crippen molar-refractivity contribution < 1.29 is 8.42 Å². The highest BCUT2D eigenvalue weighted by Gasteiger charge is 2.16. The van der Waals surface area contributed by atoms with Crippen LogP contribution in [0.2, 0.25) is 0 Å². The van der Waals surface area contributed by atoms with Gasteiger partial charge >= 0.3 is 0 Å². The number of benzene rings is 1. The van der Waals surface area contributed by atoms with Crippen molar-refractivity contribution in [1.82, 2.24) is 0 Å². The van der Waals surface area contributed by atoms with E-state index < -0.39 is 15.9 Å². The Hall–Kier alpha value is -0.870. The van der Waals surface area contributed by atoms with E-state index in [1.54, 1.807) is 0 Å². The van der Waals surface area contributed by atoms with Gasteiger partial charge in [-0.1, -0.05) is 43.7 Å². The van der Waals surface area contributed by atoms with E-state index in [1.165, 1.54) is 0 Å². The molecule has 1 unspecified atom stereocenters. The molecule has 0 amide bonds. The Labute approximate surface area is 97.6 Å². The molecule has 16 heavy (non-hydrogen) atoms. The first kappa shape index (κ1) is 13.2. The third-order valence-corrected chi connectivity index (χ3v) is 4.25. The van der Waals surface area contributed by atoms with Crippen molar-refractivity contribution in [3.05, 3.63) is 35.9 Å². The smallest absolute Gasteiger partial charge is 0.152 e. The van der Waals surface area contributed by atoms with E-state index in [4.69, 9.17) is 5.73 Å². The van der Waals surface area contributed by atoms with Gasteiger partial charge in [-0.2, -0.15) is 0 Å². The summed E-state index contributed by atoms with van der Waals surface area (Å²) >= 11 is 0. The fraction of sp³-hybridized carbons (Fsp3) is 0.500. The van der Waals surface area contributed by atoms with Crippen molar-refractivity contribution in [3.8, 4) is 0 Å². The molecule has 0 heterocycles. The van der Waals surface area contributed by atoms with Gasteiger partial charge in [0.2, 0.25) is 0 Å². The van der Waals surface area contributed by atoms with Crippen LogP contribution in [0.5, 0.6) is 0 Å². The van der Waals surface area contributed by atoms with Gasteiger partial charge in [0.05, 0.1) is 11.5 Å². The molecule has 4 heteroatoms. The quantitative estimate of drug-likeness (QED) is 0.827. The molecular formula is C12H19NO2S. The van der Waals surface area contributed by atoms with Gasteiger partial charge in [-0.15, -0.1) is 0 Å². The molecule has 1 aromatic rings. The Morgan fingerprint density at radius 1 is 1.25 bits per heavy atom. The summed E-state index contributed by atoms with van der Waals surface area (Å²) in [5.74, 6) is 0.279. The Morgan fingerprint density at radius 2 is 1.88 bits per heavy atom. The molecule has 0 saturated heterocycles. The van der Waals surface area contributed by atoms with Crippen molar-refractivity contribution in [2.75, 3.05) is 11.5 Å². The maximum Gasteiger partial charge on any atom is 0.152 e. The van der Waals surface area contributed by atoms with Crippen LogP contribution in [0.15, 0.2) is 30.3 Å². The molecule has 1 atom stereocenters. The van der Waals surface area contributed by atoms with E-state index in [2.05, 4.69) is 0 Å². The minimum absolute atomic E-state index is 0.0387. The Bertz CT molecular complexity index is 400. The SMILES string of the molecule is CCCCS(=O)(=O)CC(N)c1ccccc1. The monoisotopic (exact) mass is 241 g/mol. The fourth-order valence-electron chi connectivity index (χ4n) is 1.52. The molecular weight excluding hydrogens is 222 g/mol. The van der Waals surface area contributed by atoms with Gasteiger partial charge < -0.3 is 5.73 Å². The Morgan fingerprint density at radius 3 is 2.44 bits per heavy atom. The van der Waals surface area contributed by atoms with E-state index in [-0.39, 0.29) is 11.5 Å². The van der Waals surface area contributed by atoms with Crippen LogP contribution < -0.4 is 5.73 Å². The minimum atomic E-state index is -3.02. The van der Waals surface area contributed by atoms with Crippen molar-refractivity contribution in [2.24, 2.45) is 5.73 Å². The Balaban J connectivity index is 2.61. The summed E-state index contributed by atoms with van der Waals surface area (Å²) in [6.07, 6.45) is 1.60.